The number of pyridine rings is 1. The summed E-state index contributed by atoms with van der Waals surface area (Å²) >= 11 is 0. The van der Waals surface area contributed by atoms with Crippen molar-refractivity contribution >= 4 is 17.6 Å². The maximum atomic E-state index is 12.9. The van der Waals surface area contributed by atoms with Crippen LogP contribution in [-0.2, 0) is 19.1 Å². The molecule has 1 N–H and O–H groups in total. The number of hydrogen-bond acceptors (Lipinski definition) is 7. The summed E-state index contributed by atoms with van der Waals surface area (Å²) < 4.78 is 86.1. The monoisotopic (exact) mass is 427 g/mol. The summed E-state index contributed by atoms with van der Waals surface area (Å²) in [5.41, 5.74) is -0.561. The molecule has 0 aromatic carbocycles. The molecule has 0 radical (unpaired) electrons. The van der Waals surface area contributed by atoms with Crippen LogP contribution in [0.15, 0.2) is 12.1 Å². The average Bonchev–Trinajstić information content (AvgIpc) is 2.48. The maximum absolute atomic E-state index is 12.9. The number of anilines is 1. The van der Waals surface area contributed by atoms with E-state index in [1.165, 1.54) is 12.1 Å². The van der Waals surface area contributed by atoms with E-state index in [2.05, 4.69) is 19.8 Å². The Labute approximate surface area is 160 Å². The van der Waals surface area contributed by atoms with Crippen LogP contribution in [0, 0.1) is 19.3 Å². The highest BCUT2D eigenvalue weighted by molar-refractivity contribution is 5.80. The van der Waals surface area contributed by atoms with Gasteiger partial charge in [0.2, 0.25) is 0 Å². The van der Waals surface area contributed by atoms with Gasteiger partial charge in [0.15, 0.2) is 0 Å². The molecule has 13 heteroatoms. The van der Waals surface area contributed by atoms with E-state index < -0.39 is 35.6 Å². The van der Waals surface area contributed by atoms with Crippen molar-refractivity contribution in [2.45, 2.75) is 32.1 Å². The van der Waals surface area contributed by atoms with Crippen molar-refractivity contribution in [1.82, 2.24) is 10.3 Å². The molecule has 0 saturated carbocycles. The fourth-order valence-corrected chi connectivity index (χ4v) is 3.41. The largest absolute Gasteiger partial charge is 0.491 e. The number of esters is 2. The van der Waals surface area contributed by atoms with Gasteiger partial charge in [-0.25, -0.2) is 9.59 Å². The highest BCUT2D eigenvalue weighted by Gasteiger charge is 2.76. The topological polar surface area (TPSA) is 80.8 Å². The molecular weight excluding hydrogens is 412 g/mol. The number of carbonyl (C=O) groups is 2. The van der Waals surface area contributed by atoms with E-state index in [0.29, 0.717) is 11.4 Å². The molecule has 3 heterocycles. The molecule has 1 aromatic rings. The zero-order valence-corrected chi connectivity index (χ0v) is 15.1. The van der Waals surface area contributed by atoms with Gasteiger partial charge in [-0.3, -0.25) is 9.88 Å². The first-order chi connectivity index (χ1) is 13.2. The van der Waals surface area contributed by atoms with Crippen molar-refractivity contribution in [3.05, 3.63) is 23.5 Å². The Kier molecular flexibility index (Phi) is 4.72. The van der Waals surface area contributed by atoms with Crippen LogP contribution >= 0.6 is 0 Å². The molecule has 2 aliphatic heterocycles. The van der Waals surface area contributed by atoms with Gasteiger partial charge in [-0.1, -0.05) is 0 Å². The summed E-state index contributed by atoms with van der Waals surface area (Å²) in [6, 6.07) is 2.73. The molecule has 0 bridgehead atoms. The minimum atomic E-state index is -5.51. The summed E-state index contributed by atoms with van der Waals surface area (Å²) in [5.74, 6) is -8.46. The summed E-state index contributed by atoms with van der Waals surface area (Å²) in [7, 11) is 0. The van der Waals surface area contributed by atoms with Gasteiger partial charge < -0.3 is 14.8 Å². The van der Waals surface area contributed by atoms with Crippen LogP contribution < -0.4 is 10.2 Å². The number of hydrogen-bond donors (Lipinski definition) is 1. The first-order valence-corrected chi connectivity index (χ1v) is 8.24. The molecule has 7 nitrogen and oxygen atoms in total. The Morgan fingerprint density at radius 2 is 1.45 bits per heavy atom. The van der Waals surface area contributed by atoms with Crippen LogP contribution in [0.25, 0.3) is 0 Å². The highest BCUT2D eigenvalue weighted by Crippen LogP contribution is 2.54. The zero-order chi connectivity index (χ0) is 21.8. The number of carbonyl (C=O) groups excluding carboxylic acids is 2. The molecular formula is C16H15F6N3O4. The van der Waals surface area contributed by atoms with Gasteiger partial charge in [0.25, 0.3) is 0 Å². The van der Waals surface area contributed by atoms with E-state index in [-0.39, 0.29) is 25.3 Å². The van der Waals surface area contributed by atoms with Crippen molar-refractivity contribution < 1.29 is 45.4 Å². The van der Waals surface area contributed by atoms with Crippen LogP contribution in [0.2, 0.25) is 0 Å². The van der Waals surface area contributed by atoms with Gasteiger partial charge in [-0.05, 0) is 26.0 Å². The normalized spacial score (nSPS) is 19.9. The van der Waals surface area contributed by atoms with Crippen molar-refractivity contribution in [3.63, 3.8) is 0 Å². The average molecular weight is 427 g/mol. The van der Waals surface area contributed by atoms with E-state index in [9.17, 15) is 35.9 Å². The second-order valence-corrected chi connectivity index (χ2v) is 6.93. The van der Waals surface area contributed by atoms with Gasteiger partial charge in [-0.15, -0.1) is 0 Å². The van der Waals surface area contributed by atoms with Crippen molar-refractivity contribution in [2.75, 3.05) is 24.5 Å². The minimum Gasteiger partial charge on any atom is -0.396 e. The molecule has 0 amide bonds. The molecule has 1 spiro atoms. The fraction of sp³-hybridized carbons (Fsp3) is 0.562. The molecule has 0 atom stereocenters. The number of alkyl halides is 6. The molecule has 2 aliphatic rings. The molecule has 2 saturated heterocycles. The molecule has 160 valence electrons. The van der Waals surface area contributed by atoms with Crippen LogP contribution in [0.5, 0.6) is 0 Å². The van der Waals surface area contributed by atoms with Crippen LogP contribution in [0.4, 0.5) is 32.0 Å². The van der Waals surface area contributed by atoms with E-state index >= 15 is 0 Å². The number of halogens is 6. The Balaban J connectivity index is 2.09. The minimum absolute atomic E-state index is 0.0949. The lowest BCUT2D eigenvalue weighted by Gasteiger charge is -2.66. The SMILES string of the molecule is Cc1cc(N2CC3(CNC3)C2(OC(=O)C(F)(F)F)OC(=O)C(F)(F)F)cc(C)n1. The summed E-state index contributed by atoms with van der Waals surface area (Å²) in [4.78, 5) is 28.1. The first kappa shape index (κ1) is 21.1. The summed E-state index contributed by atoms with van der Waals surface area (Å²) in [5, 5.41) is 2.69. The second-order valence-electron chi connectivity index (χ2n) is 6.93. The quantitative estimate of drug-likeness (QED) is 0.449. The van der Waals surface area contributed by atoms with E-state index in [1.54, 1.807) is 13.8 Å². The van der Waals surface area contributed by atoms with Gasteiger partial charge >= 0.3 is 30.2 Å². The van der Waals surface area contributed by atoms with E-state index in [1.807, 2.05) is 0 Å². The Morgan fingerprint density at radius 1 is 1.00 bits per heavy atom. The molecule has 0 aliphatic carbocycles. The van der Waals surface area contributed by atoms with Gasteiger partial charge in [-0.2, -0.15) is 26.3 Å². The lowest BCUT2D eigenvalue weighted by atomic mass is 9.69. The molecule has 29 heavy (non-hydrogen) atoms. The van der Waals surface area contributed by atoms with Gasteiger partial charge in [0.05, 0.1) is 0 Å². The third kappa shape index (κ3) is 3.47. The predicted octanol–water partition coefficient (Wildman–Crippen LogP) is 1.97. The molecule has 3 rings (SSSR count). The van der Waals surface area contributed by atoms with Crippen molar-refractivity contribution in [1.29, 1.82) is 0 Å². The van der Waals surface area contributed by atoms with Crippen LogP contribution in [0.1, 0.15) is 11.4 Å². The third-order valence-electron chi connectivity index (χ3n) is 4.72. The maximum Gasteiger partial charge on any atom is 0.491 e. The molecule has 0 unspecified atom stereocenters. The predicted molar refractivity (Wildman–Crippen MR) is 83.4 cm³/mol. The number of nitrogens with zero attached hydrogens (tertiary/aromatic N) is 2. The zero-order valence-electron chi connectivity index (χ0n) is 15.1. The Hall–Kier alpha value is -2.57. The number of ether oxygens (including phenoxy) is 2. The smallest absolute Gasteiger partial charge is 0.396 e. The lowest BCUT2D eigenvalue weighted by Crippen LogP contribution is -2.87. The van der Waals surface area contributed by atoms with Crippen molar-refractivity contribution in [3.8, 4) is 0 Å². The van der Waals surface area contributed by atoms with E-state index in [0.717, 1.165) is 4.90 Å². The standard InChI is InChI=1S/C16H15F6N3O4/c1-8-3-10(4-9(2)24-8)25-7-13(5-23-6-13)16(25,28-11(26)14(17,18)19)29-12(27)15(20,21)22/h3-4,23H,5-7H2,1-2H3. The Morgan fingerprint density at radius 3 is 1.79 bits per heavy atom. The molecule has 2 fully saturated rings. The lowest BCUT2D eigenvalue weighted by molar-refractivity contribution is -0.338. The number of aryl methyl sites for hydroxylation is 2. The number of rotatable bonds is 3. The summed E-state index contributed by atoms with van der Waals surface area (Å²) in [6.07, 6.45) is -11.0. The van der Waals surface area contributed by atoms with Gasteiger partial charge in [0.1, 0.15) is 5.41 Å². The summed E-state index contributed by atoms with van der Waals surface area (Å²) in [6.45, 7) is 2.76. The number of nitrogens with one attached hydrogen (secondary N) is 1. The highest BCUT2D eigenvalue weighted by atomic mass is 19.4. The second kappa shape index (κ2) is 6.47. The van der Waals surface area contributed by atoms with Crippen LogP contribution in [0.3, 0.4) is 0 Å². The number of aromatic nitrogens is 1. The Bertz CT molecular complexity index is 802. The fourth-order valence-electron chi connectivity index (χ4n) is 3.41. The third-order valence-corrected chi connectivity index (χ3v) is 4.72. The van der Waals surface area contributed by atoms with Crippen molar-refractivity contribution in [2.24, 2.45) is 5.41 Å². The van der Waals surface area contributed by atoms with Gasteiger partial charge in [0, 0.05) is 36.7 Å². The van der Waals surface area contributed by atoms with Crippen LogP contribution in [-0.4, -0.2) is 54.8 Å². The molecule has 1 aromatic heterocycles. The first-order valence-electron chi connectivity index (χ1n) is 8.24. The van der Waals surface area contributed by atoms with E-state index in [4.69, 9.17) is 0 Å².